The molecule has 0 saturated heterocycles. The van der Waals surface area contributed by atoms with E-state index in [0.717, 1.165) is 54.7 Å². The number of nitrogens with zero attached hydrogens (tertiary/aromatic N) is 1. The van der Waals surface area contributed by atoms with Gasteiger partial charge < -0.3 is 15.4 Å². The third-order valence-electron chi connectivity index (χ3n) is 7.24. The maximum Gasteiger partial charge on any atom is 0.323 e. The lowest BCUT2D eigenvalue weighted by atomic mass is 9.73. The van der Waals surface area contributed by atoms with Crippen LogP contribution in [0.5, 0.6) is 5.75 Å². The van der Waals surface area contributed by atoms with Crippen molar-refractivity contribution in [1.29, 1.82) is 0 Å². The van der Waals surface area contributed by atoms with Gasteiger partial charge in [0.15, 0.2) is 5.78 Å². The van der Waals surface area contributed by atoms with Gasteiger partial charge in [-0.2, -0.15) is 0 Å². The topological polar surface area (TPSA) is 70.7 Å². The number of allylic oxidation sites excluding steroid dienone is 1. The number of hydrogen-bond donors (Lipinski definition) is 2. The van der Waals surface area contributed by atoms with E-state index < -0.39 is 6.04 Å². The molecule has 0 aromatic heterocycles. The Kier molecular flexibility index (Phi) is 5.84. The second-order valence-corrected chi connectivity index (χ2v) is 10.4. The van der Waals surface area contributed by atoms with Crippen LogP contribution >= 0.6 is 0 Å². The Morgan fingerprint density at radius 3 is 2.53 bits per heavy atom. The number of ketones is 1. The SMILES string of the molecule is COc1ccccc1[C@H]1C2=C(CC(C)(C)CC2=O)Nc2ccccc2N1C(=O)NC1CCCC1. The van der Waals surface area contributed by atoms with Crippen LogP contribution in [-0.2, 0) is 4.79 Å². The number of carbonyl (C=O) groups is 2. The summed E-state index contributed by atoms with van der Waals surface area (Å²) in [5.74, 6) is 0.733. The standard InChI is InChI=1S/C28H33N3O3/c1-28(2)16-21-25(23(32)17-28)26(19-12-6-9-15-24(19)34-3)31(22-14-8-7-13-20(22)30-21)27(33)29-18-10-4-5-11-18/h6-9,12-15,18,26,30H,4-5,10-11,16-17H2,1-3H3,(H,29,33)/t26-/m0/s1. The van der Waals surface area contributed by atoms with E-state index in [1.165, 1.54) is 0 Å². The van der Waals surface area contributed by atoms with E-state index in [4.69, 9.17) is 4.74 Å². The number of nitrogens with one attached hydrogen (secondary N) is 2. The Balaban J connectivity index is 1.73. The molecule has 1 saturated carbocycles. The number of carbonyl (C=O) groups excluding carboxylic acids is 2. The van der Waals surface area contributed by atoms with E-state index in [0.29, 0.717) is 17.7 Å². The second-order valence-electron chi connectivity index (χ2n) is 10.4. The van der Waals surface area contributed by atoms with E-state index in [1.807, 2.05) is 48.5 Å². The Hall–Kier alpha value is -3.28. The van der Waals surface area contributed by atoms with Crippen molar-refractivity contribution >= 4 is 23.2 Å². The van der Waals surface area contributed by atoms with Crippen LogP contribution in [0.25, 0.3) is 0 Å². The molecule has 3 aliphatic rings. The minimum absolute atomic E-state index is 0.0705. The van der Waals surface area contributed by atoms with E-state index in [-0.39, 0.29) is 23.3 Å². The summed E-state index contributed by atoms with van der Waals surface area (Å²) in [6, 6.07) is 14.9. The summed E-state index contributed by atoms with van der Waals surface area (Å²) < 4.78 is 5.73. The van der Waals surface area contributed by atoms with Crippen LogP contribution in [-0.4, -0.2) is 25.0 Å². The van der Waals surface area contributed by atoms with Gasteiger partial charge in [-0.05, 0) is 42.9 Å². The predicted molar refractivity (Wildman–Crippen MR) is 134 cm³/mol. The summed E-state index contributed by atoms with van der Waals surface area (Å²) in [7, 11) is 1.63. The highest BCUT2D eigenvalue weighted by molar-refractivity contribution is 6.06. The van der Waals surface area contributed by atoms with Crippen molar-refractivity contribution in [3.63, 3.8) is 0 Å². The molecular formula is C28H33N3O3. The number of rotatable bonds is 3. The van der Waals surface area contributed by atoms with Crippen molar-refractivity contribution in [2.24, 2.45) is 5.41 Å². The number of urea groups is 1. The van der Waals surface area contributed by atoms with Crippen LogP contribution in [0.4, 0.5) is 16.2 Å². The Labute approximate surface area is 201 Å². The number of benzene rings is 2. The smallest absolute Gasteiger partial charge is 0.323 e. The lowest BCUT2D eigenvalue weighted by molar-refractivity contribution is -0.118. The molecular weight excluding hydrogens is 426 g/mol. The number of para-hydroxylation sites is 3. The summed E-state index contributed by atoms with van der Waals surface area (Å²) in [6.07, 6.45) is 5.39. The molecule has 2 aliphatic carbocycles. The zero-order valence-corrected chi connectivity index (χ0v) is 20.2. The van der Waals surface area contributed by atoms with Gasteiger partial charge in [0.1, 0.15) is 5.75 Å². The molecule has 178 valence electrons. The van der Waals surface area contributed by atoms with Gasteiger partial charge in [0.05, 0.1) is 24.5 Å². The number of amides is 2. The Bertz CT molecular complexity index is 1150. The molecule has 0 radical (unpaired) electrons. The van der Waals surface area contributed by atoms with Crippen molar-refractivity contribution < 1.29 is 14.3 Å². The molecule has 34 heavy (non-hydrogen) atoms. The Morgan fingerprint density at radius 2 is 1.76 bits per heavy atom. The number of hydrogen-bond acceptors (Lipinski definition) is 4. The van der Waals surface area contributed by atoms with Crippen molar-refractivity contribution in [3.05, 3.63) is 65.4 Å². The van der Waals surface area contributed by atoms with Gasteiger partial charge in [-0.1, -0.05) is 57.0 Å². The maximum atomic E-state index is 14.0. The number of anilines is 2. The fourth-order valence-corrected chi connectivity index (χ4v) is 5.71. The average Bonchev–Trinajstić information content (AvgIpc) is 3.26. The highest BCUT2D eigenvalue weighted by atomic mass is 16.5. The molecule has 0 bridgehead atoms. The fraction of sp³-hybridized carbons (Fsp3) is 0.429. The molecule has 1 heterocycles. The molecule has 6 nitrogen and oxygen atoms in total. The zero-order valence-electron chi connectivity index (χ0n) is 20.2. The van der Waals surface area contributed by atoms with Gasteiger partial charge in [0, 0.05) is 29.3 Å². The highest BCUT2D eigenvalue weighted by Crippen LogP contribution is 2.49. The van der Waals surface area contributed by atoms with E-state index >= 15 is 0 Å². The molecule has 2 N–H and O–H groups in total. The summed E-state index contributed by atoms with van der Waals surface area (Å²) in [4.78, 5) is 29.5. The quantitative estimate of drug-likeness (QED) is 0.594. The largest absolute Gasteiger partial charge is 0.496 e. The molecule has 2 amide bonds. The maximum absolute atomic E-state index is 14.0. The van der Waals surface area contributed by atoms with Crippen LogP contribution in [0.2, 0.25) is 0 Å². The molecule has 0 unspecified atom stereocenters. The van der Waals surface area contributed by atoms with Crippen LogP contribution in [0.1, 0.15) is 64.0 Å². The van der Waals surface area contributed by atoms with E-state index in [1.54, 1.807) is 12.0 Å². The third kappa shape index (κ3) is 4.06. The first-order valence-corrected chi connectivity index (χ1v) is 12.2. The summed E-state index contributed by atoms with van der Waals surface area (Å²) in [6.45, 7) is 4.24. The van der Waals surface area contributed by atoms with Crippen molar-refractivity contribution in [1.82, 2.24) is 5.32 Å². The first-order valence-electron chi connectivity index (χ1n) is 12.2. The highest BCUT2D eigenvalue weighted by Gasteiger charge is 2.44. The summed E-state index contributed by atoms with van der Waals surface area (Å²) in [5, 5.41) is 6.83. The van der Waals surface area contributed by atoms with Gasteiger partial charge in [0.25, 0.3) is 0 Å². The monoisotopic (exact) mass is 459 g/mol. The lowest BCUT2D eigenvalue weighted by Crippen LogP contribution is -2.47. The average molecular weight is 460 g/mol. The molecule has 1 fully saturated rings. The van der Waals surface area contributed by atoms with Crippen molar-refractivity contribution in [3.8, 4) is 5.75 Å². The first kappa shape index (κ1) is 22.5. The van der Waals surface area contributed by atoms with Crippen molar-refractivity contribution in [2.45, 2.75) is 64.5 Å². The van der Waals surface area contributed by atoms with Gasteiger partial charge in [-0.25, -0.2) is 4.79 Å². The Morgan fingerprint density at radius 1 is 1.06 bits per heavy atom. The summed E-state index contributed by atoms with van der Waals surface area (Å²) >= 11 is 0. The van der Waals surface area contributed by atoms with Crippen molar-refractivity contribution in [2.75, 3.05) is 17.3 Å². The van der Waals surface area contributed by atoms with Gasteiger partial charge in [-0.3, -0.25) is 9.69 Å². The fourth-order valence-electron chi connectivity index (χ4n) is 5.71. The normalized spacial score (nSPS) is 21.9. The number of ether oxygens (including phenoxy) is 1. The van der Waals surface area contributed by atoms with Crippen LogP contribution in [0.3, 0.4) is 0 Å². The lowest BCUT2D eigenvalue weighted by Gasteiger charge is -2.37. The van der Waals surface area contributed by atoms with E-state index in [9.17, 15) is 9.59 Å². The minimum atomic E-state index is -0.590. The molecule has 1 aliphatic heterocycles. The molecule has 1 atom stereocenters. The van der Waals surface area contributed by atoms with Gasteiger partial charge in [0.2, 0.25) is 0 Å². The van der Waals surface area contributed by atoms with Crippen LogP contribution < -0.4 is 20.3 Å². The molecule has 2 aromatic rings. The van der Waals surface area contributed by atoms with Crippen LogP contribution in [0, 0.1) is 5.41 Å². The van der Waals surface area contributed by atoms with Gasteiger partial charge >= 0.3 is 6.03 Å². The predicted octanol–water partition coefficient (Wildman–Crippen LogP) is 5.96. The zero-order chi connectivity index (χ0) is 23.9. The van der Waals surface area contributed by atoms with Gasteiger partial charge in [-0.15, -0.1) is 0 Å². The number of fused-ring (bicyclic) bond motifs is 1. The number of methoxy groups -OCH3 is 1. The first-order chi connectivity index (χ1) is 16.4. The molecule has 5 rings (SSSR count). The number of Topliss-reactive ketones (excluding diaryl/α,β-unsaturated/α-hetero) is 1. The van der Waals surface area contributed by atoms with E-state index in [2.05, 4.69) is 24.5 Å². The molecule has 2 aromatic carbocycles. The summed E-state index contributed by atoms with van der Waals surface area (Å²) in [5.41, 5.74) is 3.78. The minimum Gasteiger partial charge on any atom is -0.496 e. The third-order valence-corrected chi connectivity index (χ3v) is 7.24. The van der Waals surface area contributed by atoms with Crippen LogP contribution in [0.15, 0.2) is 59.8 Å². The molecule has 0 spiro atoms. The second kappa shape index (κ2) is 8.82. The molecule has 6 heteroatoms.